The molecule has 0 amide bonds. The molecule has 1 rings (SSSR count). The van der Waals surface area contributed by atoms with E-state index in [-0.39, 0.29) is 0 Å². The molecule has 1 fully saturated rings. The van der Waals surface area contributed by atoms with Crippen LogP contribution in [0, 0.1) is 24.2 Å². The number of hydrogen-bond acceptors (Lipinski definition) is 1. The zero-order valence-corrected chi connectivity index (χ0v) is 5.68. The Morgan fingerprint density at radius 2 is 2.50 bits per heavy atom. The van der Waals surface area contributed by atoms with E-state index in [1.54, 1.807) is 6.08 Å². The fourth-order valence-corrected chi connectivity index (χ4v) is 0.794. The van der Waals surface area contributed by atoms with Gasteiger partial charge >= 0.3 is 0 Å². The van der Waals surface area contributed by atoms with Crippen LogP contribution in [-0.2, 0) is 4.74 Å². The van der Waals surface area contributed by atoms with Crippen LogP contribution in [0.15, 0.2) is 11.8 Å². The summed E-state index contributed by atoms with van der Waals surface area (Å²) in [6.45, 7) is 0.823. The molecule has 0 spiro atoms. The largest absolute Gasteiger partial charge is 0.497 e. The zero-order chi connectivity index (χ0) is 7.23. The summed E-state index contributed by atoms with van der Waals surface area (Å²) >= 11 is 0. The highest BCUT2D eigenvalue weighted by Crippen LogP contribution is 2.14. The van der Waals surface area contributed by atoms with Crippen LogP contribution in [0.25, 0.3) is 0 Å². The maximum absolute atomic E-state index is 5.19. The van der Waals surface area contributed by atoms with Crippen LogP contribution in [0.1, 0.15) is 12.8 Å². The van der Waals surface area contributed by atoms with E-state index in [4.69, 9.17) is 11.2 Å². The minimum atomic E-state index is 0.823. The number of terminal acetylenes is 1. The van der Waals surface area contributed by atoms with E-state index in [1.807, 2.05) is 0 Å². The quantitative estimate of drug-likeness (QED) is 0.452. The highest BCUT2D eigenvalue weighted by molar-refractivity contribution is 5.29. The first-order chi connectivity index (χ1) is 4.93. The predicted octanol–water partition coefficient (Wildman–Crippen LogP) is 1.32. The summed E-state index contributed by atoms with van der Waals surface area (Å²) in [5.74, 6) is 8.39. The lowest BCUT2D eigenvalue weighted by molar-refractivity contribution is 0.263. The molecule has 1 nitrogen and oxygen atoms in total. The third kappa shape index (κ3) is 1.88. The summed E-state index contributed by atoms with van der Waals surface area (Å²) < 4.78 is 5.19. The van der Waals surface area contributed by atoms with Gasteiger partial charge in [0.2, 0.25) is 0 Å². The molecule has 0 bridgehead atoms. The van der Waals surface area contributed by atoms with Gasteiger partial charge in [-0.1, -0.05) is 5.92 Å². The number of ether oxygens (including phenoxy) is 1. The Balaban J connectivity index is 2.48. The molecule has 0 saturated carbocycles. The molecule has 1 heterocycles. The van der Waals surface area contributed by atoms with Crippen molar-refractivity contribution in [2.24, 2.45) is 0 Å². The molecule has 0 aliphatic carbocycles. The van der Waals surface area contributed by atoms with Crippen molar-refractivity contribution in [2.45, 2.75) is 12.8 Å². The van der Waals surface area contributed by atoms with E-state index in [0.717, 1.165) is 25.2 Å². The lowest BCUT2D eigenvalue weighted by Crippen LogP contribution is -1.76. The van der Waals surface area contributed by atoms with Crippen LogP contribution in [0.4, 0.5) is 0 Å². The summed E-state index contributed by atoms with van der Waals surface area (Å²) in [5, 5.41) is 0. The van der Waals surface area contributed by atoms with Crippen LogP contribution >= 0.6 is 0 Å². The Labute approximate surface area is 61.1 Å². The van der Waals surface area contributed by atoms with Gasteiger partial charge in [-0.2, -0.15) is 0 Å². The van der Waals surface area contributed by atoms with Gasteiger partial charge in [-0.05, 0) is 18.3 Å². The first kappa shape index (κ1) is 6.78. The molecule has 0 atom stereocenters. The standard InChI is InChI=1S/C9H8O/c1-2-3-4-6-9-7-5-8-10-9/h1,6H,5,7-8H2. The van der Waals surface area contributed by atoms with Crippen LogP contribution in [0.5, 0.6) is 0 Å². The topological polar surface area (TPSA) is 9.23 Å². The molecule has 1 aliphatic rings. The maximum atomic E-state index is 5.19. The molecule has 50 valence electrons. The van der Waals surface area contributed by atoms with Crippen molar-refractivity contribution >= 4 is 0 Å². The van der Waals surface area contributed by atoms with Gasteiger partial charge in [-0.15, -0.1) is 6.42 Å². The monoisotopic (exact) mass is 132 g/mol. The predicted molar refractivity (Wildman–Crippen MR) is 39.9 cm³/mol. The molecule has 0 N–H and O–H groups in total. The van der Waals surface area contributed by atoms with E-state index in [2.05, 4.69) is 17.8 Å². The minimum absolute atomic E-state index is 0.823. The Morgan fingerprint density at radius 3 is 3.10 bits per heavy atom. The molecule has 0 radical (unpaired) electrons. The van der Waals surface area contributed by atoms with E-state index < -0.39 is 0 Å². The third-order valence-corrected chi connectivity index (χ3v) is 1.23. The molecular weight excluding hydrogens is 124 g/mol. The minimum Gasteiger partial charge on any atom is -0.497 e. The van der Waals surface area contributed by atoms with Gasteiger partial charge in [-0.25, -0.2) is 0 Å². The summed E-state index contributed by atoms with van der Waals surface area (Å²) in [4.78, 5) is 0. The highest BCUT2D eigenvalue weighted by atomic mass is 16.5. The Hall–Kier alpha value is -1.34. The van der Waals surface area contributed by atoms with Gasteiger partial charge in [0.15, 0.2) is 0 Å². The molecule has 0 unspecified atom stereocenters. The van der Waals surface area contributed by atoms with Crippen LogP contribution in [-0.4, -0.2) is 6.61 Å². The molecule has 10 heavy (non-hydrogen) atoms. The molecular formula is C9H8O. The van der Waals surface area contributed by atoms with E-state index in [0.29, 0.717) is 0 Å². The Kier molecular flexibility index (Phi) is 2.47. The molecule has 1 heteroatoms. The van der Waals surface area contributed by atoms with Crippen LogP contribution in [0.2, 0.25) is 0 Å². The van der Waals surface area contributed by atoms with E-state index >= 15 is 0 Å². The smallest absolute Gasteiger partial charge is 0.104 e. The third-order valence-electron chi connectivity index (χ3n) is 1.23. The number of hydrogen-bond donors (Lipinski definition) is 0. The molecule has 0 aromatic carbocycles. The molecule has 0 aromatic rings. The molecule has 1 saturated heterocycles. The van der Waals surface area contributed by atoms with Crippen LogP contribution in [0.3, 0.4) is 0 Å². The first-order valence-corrected chi connectivity index (χ1v) is 3.21. The van der Waals surface area contributed by atoms with Crippen molar-refractivity contribution < 1.29 is 4.74 Å². The van der Waals surface area contributed by atoms with E-state index in [1.165, 1.54) is 0 Å². The summed E-state index contributed by atoms with van der Waals surface area (Å²) in [6.07, 6.45) is 8.76. The Bertz CT molecular complexity index is 224. The lowest BCUT2D eigenvalue weighted by Gasteiger charge is -1.90. The van der Waals surface area contributed by atoms with Crippen molar-refractivity contribution in [1.82, 2.24) is 0 Å². The average Bonchev–Trinajstić information content (AvgIpc) is 2.41. The summed E-state index contributed by atoms with van der Waals surface area (Å²) in [6, 6.07) is 0. The number of rotatable bonds is 0. The zero-order valence-electron chi connectivity index (χ0n) is 5.68. The average molecular weight is 132 g/mol. The first-order valence-electron chi connectivity index (χ1n) is 3.21. The Morgan fingerprint density at radius 1 is 1.60 bits per heavy atom. The fraction of sp³-hybridized carbons (Fsp3) is 0.333. The molecule has 0 aromatic heterocycles. The van der Waals surface area contributed by atoms with Crippen molar-refractivity contribution in [3.05, 3.63) is 11.8 Å². The highest BCUT2D eigenvalue weighted by Gasteiger charge is 2.04. The lowest BCUT2D eigenvalue weighted by atomic mass is 10.3. The summed E-state index contributed by atoms with van der Waals surface area (Å²) in [5.41, 5.74) is 0. The van der Waals surface area contributed by atoms with Crippen molar-refractivity contribution in [1.29, 1.82) is 0 Å². The van der Waals surface area contributed by atoms with Crippen LogP contribution < -0.4 is 0 Å². The van der Waals surface area contributed by atoms with Gasteiger partial charge in [-0.3, -0.25) is 0 Å². The fourth-order valence-electron chi connectivity index (χ4n) is 0.794. The van der Waals surface area contributed by atoms with E-state index in [9.17, 15) is 0 Å². The van der Waals surface area contributed by atoms with Gasteiger partial charge in [0.1, 0.15) is 5.76 Å². The van der Waals surface area contributed by atoms with Gasteiger partial charge in [0.25, 0.3) is 0 Å². The second kappa shape index (κ2) is 3.64. The van der Waals surface area contributed by atoms with Crippen molar-refractivity contribution in [3.8, 4) is 24.2 Å². The second-order valence-electron chi connectivity index (χ2n) is 1.98. The van der Waals surface area contributed by atoms with Gasteiger partial charge in [0.05, 0.1) is 6.61 Å². The van der Waals surface area contributed by atoms with Gasteiger partial charge < -0.3 is 4.74 Å². The summed E-state index contributed by atoms with van der Waals surface area (Å²) in [7, 11) is 0. The van der Waals surface area contributed by atoms with Gasteiger partial charge in [0, 0.05) is 12.5 Å². The molecule has 1 aliphatic heterocycles. The van der Waals surface area contributed by atoms with Crippen molar-refractivity contribution in [2.75, 3.05) is 6.61 Å². The normalized spacial score (nSPS) is 18.9. The number of allylic oxidation sites excluding steroid dienone is 2. The SMILES string of the molecule is C#CC#CC=C1CCCO1. The maximum Gasteiger partial charge on any atom is 0.104 e. The van der Waals surface area contributed by atoms with Crippen molar-refractivity contribution in [3.63, 3.8) is 0 Å². The second-order valence-corrected chi connectivity index (χ2v) is 1.98.